The van der Waals surface area contributed by atoms with Gasteiger partial charge in [0.25, 0.3) is 0 Å². The van der Waals surface area contributed by atoms with Crippen LogP contribution in [0.5, 0.6) is 0 Å². The zero-order valence-electron chi connectivity index (χ0n) is 15.2. The van der Waals surface area contributed by atoms with E-state index in [1.54, 1.807) is 0 Å². The summed E-state index contributed by atoms with van der Waals surface area (Å²) >= 11 is 0. The lowest BCUT2D eigenvalue weighted by Crippen LogP contribution is -2.34. The van der Waals surface area contributed by atoms with Crippen molar-refractivity contribution in [3.63, 3.8) is 0 Å². The van der Waals surface area contributed by atoms with Crippen LogP contribution in [0.1, 0.15) is 35.4 Å². The molecule has 1 saturated heterocycles. The highest BCUT2D eigenvalue weighted by atomic mass is 16.2. The molecule has 0 spiro atoms. The number of carbonyl (C=O) groups is 2. The molecule has 2 amide bonds. The van der Waals surface area contributed by atoms with Crippen LogP contribution in [0.3, 0.4) is 0 Å². The molecule has 5 unspecified atom stereocenters. The van der Waals surface area contributed by atoms with E-state index in [1.165, 1.54) is 10.5 Å². The van der Waals surface area contributed by atoms with E-state index in [0.29, 0.717) is 17.8 Å². The highest BCUT2D eigenvalue weighted by molar-refractivity contribution is 6.23. The smallest absolute Gasteiger partial charge is 0.238 e. The number of anilines is 1. The number of aryl methyl sites for hydroxylation is 2. The Labute approximate surface area is 154 Å². The maximum Gasteiger partial charge on any atom is 0.238 e. The molecular formula is C23H23NO2. The van der Waals surface area contributed by atoms with Gasteiger partial charge in [-0.25, -0.2) is 4.90 Å². The van der Waals surface area contributed by atoms with Crippen LogP contribution >= 0.6 is 0 Å². The summed E-state index contributed by atoms with van der Waals surface area (Å²) in [5.41, 5.74) is 4.13. The Morgan fingerprint density at radius 1 is 0.808 bits per heavy atom. The highest BCUT2D eigenvalue weighted by Crippen LogP contribution is 2.62. The molecule has 132 valence electrons. The summed E-state index contributed by atoms with van der Waals surface area (Å²) in [7, 11) is 0. The number of carbonyl (C=O) groups excluding carboxylic acids is 2. The van der Waals surface area contributed by atoms with E-state index >= 15 is 0 Å². The summed E-state index contributed by atoms with van der Waals surface area (Å²) in [6, 6.07) is 16.5. The van der Waals surface area contributed by atoms with Crippen LogP contribution in [0.15, 0.2) is 48.5 Å². The van der Waals surface area contributed by atoms with Gasteiger partial charge < -0.3 is 0 Å². The number of benzene rings is 2. The van der Waals surface area contributed by atoms with E-state index in [0.717, 1.165) is 29.7 Å². The third-order valence-electron chi connectivity index (χ3n) is 6.91. The molecule has 2 saturated carbocycles. The van der Waals surface area contributed by atoms with E-state index in [-0.39, 0.29) is 23.7 Å². The molecule has 26 heavy (non-hydrogen) atoms. The topological polar surface area (TPSA) is 37.4 Å². The first-order chi connectivity index (χ1) is 12.6. The molecule has 1 aliphatic heterocycles. The normalized spacial score (nSPS) is 32.4. The first-order valence-corrected chi connectivity index (χ1v) is 9.57. The lowest BCUT2D eigenvalue weighted by atomic mass is 9.73. The van der Waals surface area contributed by atoms with Crippen molar-refractivity contribution >= 4 is 17.5 Å². The molecule has 3 aliphatic rings. The summed E-state index contributed by atoms with van der Waals surface area (Å²) in [4.78, 5) is 28.1. The fourth-order valence-corrected chi connectivity index (χ4v) is 5.92. The number of fused-ring (bicyclic) bond motifs is 5. The molecule has 2 bridgehead atoms. The third-order valence-corrected chi connectivity index (χ3v) is 6.91. The molecule has 2 aliphatic carbocycles. The SMILES string of the molecule is Cc1cccc(C)c1N1C(=O)C2C3CC(c4ccccc4)C(C3)C2C1=O. The molecule has 3 heteroatoms. The Balaban J connectivity index is 1.53. The first-order valence-electron chi connectivity index (χ1n) is 9.57. The fourth-order valence-electron chi connectivity index (χ4n) is 5.92. The quantitative estimate of drug-likeness (QED) is 0.764. The number of para-hydroxylation sites is 1. The van der Waals surface area contributed by atoms with Crippen LogP contribution in [0.2, 0.25) is 0 Å². The minimum Gasteiger partial charge on any atom is -0.274 e. The average Bonchev–Trinajstić information content (AvgIpc) is 3.29. The molecular weight excluding hydrogens is 322 g/mol. The second-order valence-corrected chi connectivity index (χ2v) is 8.22. The fraction of sp³-hybridized carbons (Fsp3) is 0.391. The van der Waals surface area contributed by atoms with Crippen LogP contribution in [0.4, 0.5) is 5.69 Å². The summed E-state index contributed by atoms with van der Waals surface area (Å²) in [5, 5.41) is 0. The van der Waals surface area contributed by atoms with E-state index in [9.17, 15) is 9.59 Å². The summed E-state index contributed by atoms with van der Waals surface area (Å²) in [6.07, 6.45) is 2.06. The second-order valence-electron chi connectivity index (χ2n) is 8.22. The minimum absolute atomic E-state index is 0.0329. The monoisotopic (exact) mass is 345 g/mol. The van der Waals surface area contributed by atoms with Crippen molar-refractivity contribution in [3.05, 3.63) is 65.2 Å². The zero-order valence-corrected chi connectivity index (χ0v) is 15.2. The maximum absolute atomic E-state index is 13.4. The van der Waals surface area contributed by atoms with Gasteiger partial charge in [-0.05, 0) is 61.1 Å². The van der Waals surface area contributed by atoms with Crippen molar-refractivity contribution < 1.29 is 9.59 Å². The molecule has 5 atom stereocenters. The lowest BCUT2D eigenvalue weighted by Gasteiger charge is -2.28. The number of hydrogen-bond acceptors (Lipinski definition) is 2. The molecule has 0 N–H and O–H groups in total. The van der Waals surface area contributed by atoms with Gasteiger partial charge >= 0.3 is 0 Å². The summed E-state index contributed by atoms with van der Waals surface area (Å²) in [5.74, 6) is 0.898. The Morgan fingerprint density at radius 3 is 2.15 bits per heavy atom. The molecule has 0 aromatic heterocycles. The average molecular weight is 345 g/mol. The standard InChI is InChI=1S/C23H23NO2/c1-13-7-6-8-14(2)21(13)24-22(25)19-16-11-17(15-9-4-3-5-10-15)18(12-16)20(19)23(24)26/h3-10,16-20H,11-12H2,1-2H3. The predicted octanol–water partition coefficient (Wildman–Crippen LogP) is 4.23. The summed E-state index contributed by atoms with van der Waals surface area (Å²) in [6.45, 7) is 3.97. The highest BCUT2D eigenvalue weighted by Gasteiger charge is 2.64. The van der Waals surface area contributed by atoms with Crippen LogP contribution in [0.25, 0.3) is 0 Å². The van der Waals surface area contributed by atoms with Crippen molar-refractivity contribution in [2.45, 2.75) is 32.6 Å². The van der Waals surface area contributed by atoms with Crippen molar-refractivity contribution in [2.75, 3.05) is 4.90 Å². The van der Waals surface area contributed by atoms with Crippen LogP contribution < -0.4 is 4.90 Å². The van der Waals surface area contributed by atoms with Gasteiger partial charge in [-0.1, -0.05) is 48.5 Å². The second kappa shape index (κ2) is 5.54. The lowest BCUT2D eigenvalue weighted by molar-refractivity contribution is -0.123. The molecule has 5 rings (SSSR count). The van der Waals surface area contributed by atoms with Gasteiger partial charge in [-0.15, -0.1) is 0 Å². The number of rotatable bonds is 2. The van der Waals surface area contributed by atoms with Gasteiger partial charge in [-0.2, -0.15) is 0 Å². The van der Waals surface area contributed by atoms with Crippen LogP contribution in [0, 0.1) is 37.5 Å². The Hall–Kier alpha value is -2.42. The largest absolute Gasteiger partial charge is 0.274 e. The molecule has 1 heterocycles. The van der Waals surface area contributed by atoms with Gasteiger partial charge in [0.2, 0.25) is 11.8 Å². The zero-order chi connectivity index (χ0) is 18.0. The van der Waals surface area contributed by atoms with Gasteiger partial charge in [0.15, 0.2) is 0 Å². The van der Waals surface area contributed by atoms with Crippen molar-refractivity contribution in [1.82, 2.24) is 0 Å². The number of hydrogen-bond donors (Lipinski definition) is 0. The summed E-state index contributed by atoms with van der Waals surface area (Å²) < 4.78 is 0. The maximum atomic E-state index is 13.4. The number of nitrogens with zero attached hydrogens (tertiary/aromatic N) is 1. The molecule has 2 aromatic rings. The predicted molar refractivity (Wildman–Crippen MR) is 101 cm³/mol. The van der Waals surface area contributed by atoms with E-state index in [1.807, 2.05) is 38.1 Å². The molecule has 3 nitrogen and oxygen atoms in total. The van der Waals surface area contributed by atoms with Gasteiger partial charge in [0.05, 0.1) is 17.5 Å². The molecule has 3 fully saturated rings. The van der Waals surface area contributed by atoms with Crippen LogP contribution in [-0.2, 0) is 9.59 Å². The van der Waals surface area contributed by atoms with Gasteiger partial charge in [-0.3, -0.25) is 9.59 Å². The Kier molecular flexibility index (Phi) is 3.37. The first kappa shape index (κ1) is 15.8. The van der Waals surface area contributed by atoms with Crippen molar-refractivity contribution in [3.8, 4) is 0 Å². The van der Waals surface area contributed by atoms with Crippen molar-refractivity contribution in [1.29, 1.82) is 0 Å². The van der Waals surface area contributed by atoms with Crippen LogP contribution in [-0.4, -0.2) is 11.8 Å². The molecule has 2 aromatic carbocycles. The third kappa shape index (κ3) is 2.00. The Morgan fingerprint density at radius 2 is 1.46 bits per heavy atom. The minimum atomic E-state index is -0.134. The van der Waals surface area contributed by atoms with Gasteiger partial charge in [0.1, 0.15) is 0 Å². The van der Waals surface area contributed by atoms with Gasteiger partial charge in [0, 0.05) is 0 Å². The van der Waals surface area contributed by atoms with E-state index in [4.69, 9.17) is 0 Å². The van der Waals surface area contributed by atoms with E-state index < -0.39 is 0 Å². The van der Waals surface area contributed by atoms with Crippen molar-refractivity contribution in [2.24, 2.45) is 23.7 Å². The molecule has 0 radical (unpaired) electrons. The van der Waals surface area contributed by atoms with E-state index in [2.05, 4.69) is 24.3 Å². The number of imide groups is 1. The number of amides is 2. The Bertz CT molecular complexity index is 883.